The van der Waals surface area contributed by atoms with E-state index in [4.69, 9.17) is 9.47 Å². The summed E-state index contributed by atoms with van der Waals surface area (Å²) in [5.74, 6) is -0.425. The van der Waals surface area contributed by atoms with Gasteiger partial charge in [-0.15, -0.1) is 0 Å². The van der Waals surface area contributed by atoms with E-state index in [2.05, 4.69) is 24.5 Å². The quantitative estimate of drug-likeness (QED) is 0.179. The van der Waals surface area contributed by atoms with E-state index < -0.39 is 12.1 Å². The number of ketones is 1. The first-order valence-electron chi connectivity index (χ1n) is 17.5. The lowest BCUT2D eigenvalue weighted by Crippen LogP contribution is -2.56. The molecule has 7 unspecified atom stereocenters. The average Bonchev–Trinajstić information content (AvgIpc) is 3.54. The van der Waals surface area contributed by atoms with Gasteiger partial charge in [0.15, 0.2) is 5.78 Å². The molecule has 0 aliphatic carbocycles. The fourth-order valence-electron chi connectivity index (χ4n) is 6.75. The molecular formula is C37H62N4O6S. The molecule has 10 nitrogen and oxygen atoms in total. The highest BCUT2D eigenvalue weighted by molar-refractivity contribution is 7.99. The molecule has 0 spiro atoms. The fraction of sp³-hybridized carbons (Fsp3) is 0.730. The zero-order valence-corrected chi connectivity index (χ0v) is 31.8. The summed E-state index contributed by atoms with van der Waals surface area (Å²) < 4.78 is 11.5. The summed E-state index contributed by atoms with van der Waals surface area (Å²) >= 11 is 1.59. The lowest BCUT2D eigenvalue weighted by Gasteiger charge is -2.35. The first-order valence-corrected chi connectivity index (χ1v) is 18.8. The van der Waals surface area contributed by atoms with Crippen LogP contribution in [0.15, 0.2) is 30.3 Å². The van der Waals surface area contributed by atoms with Gasteiger partial charge in [0.05, 0.1) is 37.6 Å². The highest BCUT2D eigenvalue weighted by Gasteiger charge is 2.38. The largest absolute Gasteiger partial charge is 0.461 e. The molecule has 2 N–H and O–H groups in total. The van der Waals surface area contributed by atoms with Gasteiger partial charge in [0.1, 0.15) is 6.61 Å². The summed E-state index contributed by atoms with van der Waals surface area (Å²) in [6.45, 7) is 12.9. The van der Waals surface area contributed by atoms with Crippen LogP contribution < -0.4 is 10.6 Å². The highest BCUT2D eigenvalue weighted by atomic mass is 32.2. The second-order valence-electron chi connectivity index (χ2n) is 14.0. The first-order chi connectivity index (χ1) is 22.7. The van der Waals surface area contributed by atoms with Gasteiger partial charge in [-0.1, -0.05) is 78.3 Å². The van der Waals surface area contributed by atoms with Gasteiger partial charge >= 0.3 is 5.97 Å². The third-order valence-corrected chi connectivity index (χ3v) is 10.7. The Morgan fingerprint density at radius 2 is 1.69 bits per heavy atom. The van der Waals surface area contributed by atoms with E-state index in [-0.39, 0.29) is 90.7 Å². The highest BCUT2D eigenvalue weighted by Crippen LogP contribution is 2.30. The predicted molar refractivity (Wildman–Crippen MR) is 194 cm³/mol. The van der Waals surface area contributed by atoms with E-state index in [0.29, 0.717) is 6.54 Å². The van der Waals surface area contributed by atoms with Crippen LogP contribution in [0.5, 0.6) is 0 Å². The minimum absolute atomic E-state index is 0.0155. The number of nitrogens with one attached hydrogen (secondary N) is 2. The molecule has 2 rings (SSSR count). The number of carbonyl (C=O) groups excluding carboxylic acids is 4. The lowest BCUT2D eigenvalue weighted by atomic mass is 9.91. The minimum atomic E-state index is -0.639. The molecule has 1 aliphatic rings. The summed E-state index contributed by atoms with van der Waals surface area (Å²) in [6, 6.07) is 8.30. The molecule has 1 aromatic carbocycles. The summed E-state index contributed by atoms with van der Waals surface area (Å²) in [7, 11) is 5.34. The number of methoxy groups -OCH3 is 1. The number of Topliss-reactive ketones (excluding diaryl/α,β-unsaturated/α-hetero) is 1. The van der Waals surface area contributed by atoms with Crippen molar-refractivity contribution >= 4 is 35.3 Å². The number of ether oxygens (including phenoxy) is 2. The molecule has 1 heterocycles. The summed E-state index contributed by atoms with van der Waals surface area (Å²) in [5.41, 5.74) is 0.939. The molecule has 1 fully saturated rings. The molecule has 1 aliphatic heterocycles. The zero-order valence-electron chi connectivity index (χ0n) is 31.0. The SMILES string of the molecule is CCC(C)C(NCC(=O)C(NC(=O)C(C(C)C)N(C)C)C(C)C)C(CC(=O)N1CCCC1C(CC(=O)OCc1ccccc1)SC)OC. The molecule has 0 saturated carbocycles. The van der Waals surface area contributed by atoms with Gasteiger partial charge in [-0.25, -0.2) is 0 Å². The van der Waals surface area contributed by atoms with Gasteiger partial charge in [0.2, 0.25) is 11.8 Å². The molecular weight excluding hydrogens is 628 g/mol. The minimum Gasteiger partial charge on any atom is -0.461 e. The lowest BCUT2D eigenvalue weighted by molar-refractivity contribution is -0.146. The standard InChI is InChI=1S/C37H62N4O6S/c1-11-26(6)35(38-22-29(42)34(24(2)3)39-37(45)36(25(4)5)40(7)8)30(46-9)20-32(43)41-19-15-18-28(41)31(48-10)21-33(44)47-23-27-16-13-12-14-17-27/h12-14,16-17,24-26,28,30-31,34-36,38H,11,15,18-23H2,1-10H3,(H,39,45). The number of hydrogen-bond acceptors (Lipinski definition) is 9. The maximum absolute atomic E-state index is 13.9. The summed E-state index contributed by atoms with van der Waals surface area (Å²) in [5, 5.41) is 6.36. The Morgan fingerprint density at radius 3 is 2.23 bits per heavy atom. The van der Waals surface area contributed by atoms with Crippen molar-refractivity contribution in [3.05, 3.63) is 35.9 Å². The number of benzene rings is 1. The van der Waals surface area contributed by atoms with Crippen LogP contribution in [0.1, 0.15) is 79.2 Å². The maximum Gasteiger partial charge on any atom is 0.307 e. The van der Waals surface area contributed by atoms with Crippen molar-refractivity contribution in [2.45, 2.75) is 116 Å². The molecule has 11 heteroatoms. The fourth-order valence-corrected chi connectivity index (χ4v) is 7.65. The second kappa shape index (κ2) is 20.9. The van der Waals surface area contributed by atoms with Crippen molar-refractivity contribution in [3.63, 3.8) is 0 Å². The monoisotopic (exact) mass is 690 g/mol. The number of amides is 2. The Labute approximate surface area is 293 Å². The average molecular weight is 691 g/mol. The van der Waals surface area contributed by atoms with E-state index in [1.807, 2.05) is 88.2 Å². The van der Waals surface area contributed by atoms with Crippen molar-refractivity contribution in [1.82, 2.24) is 20.4 Å². The number of nitrogens with zero attached hydrogens (tertiary/aromatic N) is 2. The molecule has 0 aromatic heterocycles. The van der Waals surface area contributed by atoms with Crippen molar-refractivity contribution in [1.29, 1.82) is 0 Å². The number of rotatable bonds is 21. The summed E-state index contributed by atoms with van der Waals surface area (Å²) in [6.07, 6.45) is 4.44. The molecule has 272 valence electrons. The van der Waals surface area contributed by atoms with Gasteiger partial charge in [0, 0.05) is 31.0 Å². The van der Waals surface area contributed by atoms with Gasteiger partial charge < -0.3 is 25.0 Å². The molecule has 7 atom stereocenters. The van der Waals surface area contributed by atoms with Crippen LogP contribution in [0.2, 0.25) is 0 Å². The number of likely N-dealkylation sites (N-methyl/N-ethyl adjacent to an activating group) is 1. The number of esters is 1. The summed E-state index contributed by atoms with van der Waals surface area (Å²) in [4.78, 5) is 57.2. The van der Waals surface area contributed by atoms with E-state index >= 15 is 0 Å². The topological polar surface area (TPSA) is 117 Å². The molecule has 1 saturated heterocycles. The van der Waals surface area contributed by atoms with Crippen molar-refractivity contribution in [2.75, 3.05) is 40.6 Å². The van der Waals surface area contributed by atoms with E-state index in [9.17, 15) is 19.2 Å². The van der Waals surface area contributed by atoms with Crippen LogP contribution >= 0.6 is 11.8 Å². The number of thioether (sulfide) groups is 1. The molecule has 0 radical (unpaired) electrons. The van der Waals surface area contributed by atoms with Crippen molar-refractivity contribution < 1.29 is 28.7 Å². The van der Waals surface area contributed by atoms with Crippen LogP contribution in [0.4, 0.5) is 0 Å². The van der Waals surface area contributed by atoms with Gasteiger partial charge in [0.25, 0.3) is 0 Å². The smallest absolute Gasteiger partial charge is 0.307 e. The second-order valence-corrected chi connectivity index (χ2v) is 15.1. The predicted octanol–water partition coefficient (Wildman–Crippen LogP) is 4.55. The van der Waals surface area contributed by atoms with Crippen LogP contribution in [0.25, 0.3) is 0 Å². The first kappa shape index (κ1) is 41.7. The molecule has 2 amide bonds. The molecule has 0 bridgehead atoms. The van der Waals surface area contributed by atoms with Crippen molar-refractivity contribution in [3.8, 4) is 0 Å². The van der Waals surface area contributed by atoms with E-state index in [0.717, 1.165) is 24.8 Å². The van der Waals surface area contributed by atoms with Gasteiger partial charge in [-0.05, 0) is 56.5 Å². The van der Waals surface area contributed by atoms with Crippen LogP contribution in [-0.2, 0) is 35.3 Å². The third kappa shape index (κ3) is 12.4. The zero-order chi connectivity index (χ0) is 36.0. The van der Waals surface area contributed by atoms with E-state index in [1.54, 1.807) is 18.9 Å². The maximum atomic E-state index is 13.9. The number of likely N-dealkylation sites (tertiary alicyclic amines) is 1. The Balaban J connectivity index is 2.08. The Kier molecular flexibility index (Phi) is 18.2. The van der Waals surface area contributed by atoms with Crippen LogP contribution in [0.3, 0.4) is 0 Å². The Hall–Kier alpha value is -2.47. The third-order valence-electron chi connectivity index (χ3n) is 9.58. The van der Waals surface area contributed by atoms with Crippen molar-refractivity contribution in [2.24, 2.45) is 17.8 Å². The number of hydrogen-bond donors (Lipinski definition) is 2. The molecule has 1 aromatic rings. The molecule has 48 heavy (non-hydrogen) atoms. The Bertz CT molecular complexity index is 1140. The van der Waals surface area contributed by atoms with Crippen LogP contribution in [0, 0.1) is 17.8 Å². The van der Waals surface area contributed by atoms with Gasteiger partial charge in [-0.3, -0.25) is 24.1 Å². The van der Waals surface area contributed by atoms with Crippen LogP contribution in [-0.4, -0.2) is 109 Å². The van der Waals surface area contributed by atoms with Gasteiger partial charge in [-0.2, -0.15) is 11.8 Å². The number of carbonyl (C=O) groups is 4. The normalized spacial score (nSPS) is 18.8. The Morgan fingerprint density at radius 1 is 1.02 bits per heavy atom. The van der Waals surface area contributed by atoms with E-state index in [1.165, 1.54) is 0 Å².